The van der Waals surface area contributed by atoms with Crippen molar-refractivity contribution in [3.8, 4) is 5.75 Å². The van der Waals surface area contributed by atoms with Crippen LogP contribution in [0.25, 0.3) is 0 Å². The zero-order valence-electron chi connectivity index (χ0n) is 9.64. The number of aliphatic hydroxyl groups excluding tert-OH is 1. The number of imide groups is 1. The summed E-state index contributed by atoms with van der Waals surface area (Å²) in [5.74, 6) is -0.384. The van der Waals surface area contributed by atoms with E-state index in [1.807, 2.05) is 5.32 Å². The van der Waals surface area contributed by atoms with Gasteiger partial charge in [-0.3, -0.25) is 10.1 Å². The molecule has 1 atom stereocenters. The standard InChI is InChI=1S/C11H13ClN2O4/c1-6(10(16)14-11(13)17)18-9-3-2-7(5-15)4-8(9)12/h2-4,6,15H,5H2,1H3,(H3,13,14,16,17). The Balaban J connectivity index is 2.72. The van der Waals surface area contributed by atoms with E-state index in [4.69, 9.17) is 27.2 Å². The molecule has 4 N–H and O–H groups in total. The SMILES string of the molecule is CC(Oc1ccc(CO)cc1Cl)C(=O)NC(N)=O. The van der Waals surface area contributed by atoms with Crippen molar-refractivity contribution < 1.29 is 19.4 Å². The quantitative estimate of drug-likeness (QED) is 0.754. The number of carbonyl (C=O) groups excluding carboxylic acids is 2. The summed E-state index contributed by atoms with van der Waals surface area (Å²) >= 11 is 5.90. The lowest BCUT2D eigenvalue weighted by molar-refractivity contribution is -0.126. The van der Waals surface area contributed by atoms with Gasteiger partial charge in [0.05, 0.1) is 11.6 Å². The highest BCUT2D eigenvalue weighted by Gasteiger charge is 2.17. The maximum atomic E-state index is 11.4. The summed E-state index contributed by atoms with van der Waals surface area (Å²) in [5.41, 5.74) is 5.44. The molecule has 1 aromatic rings. The lowest BCUT2D eigenvalue weighted by Crippen LogP contribution is -2.42. The first kappa shape index (κ1) is 14.3. The van der Waals surface area contributed by atoms with Crippen LogP contribution in [0.5, 0.6) is 5.75 Å². The van der Waals surface area contributed by atoms with Crippen molar-refractivity contribution in [2.45, 2.75) is 19.6 Å². The van der Waals surface area contributed by atoms with E-state index in [1.165, 1.54) is 19.1 Å². The number of hydrogen-bond acceptors (Lipinski definition) is 4. The minimum Gasteiger partial charge on any atom is -0.479 e. The maximum absolute atomic E-state index is 11.4. The Kier molecular flexibility index (Phi) is 4.94. The molecule has 1 aromatic carbocycles. The lowest BCUT2D eigenvalue weighted by atomic mass is 10.2. The van der Waals surface area contributed by atoms with E-state index in [0.717, 1.165) is 0 Å². The van der Waals surface area contributed by atoms with Gasteiger partial charge in [0.25, 0.3) is 5.91 Å². The predicted octanol–water partition coefficient (Wildman–Crippen LogP) is 0.795. The molecule has 0 aromatic heterocycles. The molecule has 18 heavy (non-hydrogen) atoms. The molecule has 0 saturated heterocycles. The number of benzene rings is 1. The monoisotopic (exact) mass is 272 g/mol. The summed E-state index contributed by atoms with van der Waals surface area (Å²) in [7, 11) is 0. The summed E-state index contributed by atoms with van der Waals surface area (Å²) in [6, 6.07) is 3.72. The van der Waals surface area contributed by atoms with Gasteiger partial charge in [-0.2, -0.15) is 0 Å². The molecule has 0 aliphatic rings. The second-order valence-corrected chi connectivity index (χ2v) is 3.94. The summed E-state index contributed by atoms with van der Waals surface area (Å²) < 4.78 is 5.27. The van der Waals surface area contributed by atoms with Gasteiger partial charge in [-0.15, -0.1) is 0 Å². The smallest absolute Gasteiger partial charge is 0.318 e. The fourth-order valence-electron chi connectivity index (χ4n) is 1.21. The number of ether oxygens (including phenoxy) is 1. The molecule has 0 heterocycles. The van der Waals surface area contributed by atoms with Gasteiger partial charge in [-0.05, 0) is 24.6 Å². The van der Waals surface area contributed by atoms with Crippen molar-refractivity contribution >= 4 is 23.5 Å². The Morgan fingerprint density at radius 1 is 1.56 bits per heavy atom. The van der Waals surface area contributed by atoms with E-state index in [2.05, 4.69) is 0 Å². The van der Waals surface area contributed by atoms with Crippen LogP contribution >= 0.6 is 11.6 Å². The van der Waals surface area contributed by atoms with E-state index in [1.54, 1.807) is 6.07 Å². The highest BCUT2D eigenvalue weighted by Crippen LogP contribution is 2.26. The average molecular weight is 273 g/mol. The normalized spacial score (nSPS) is 11.7. The molecule has 0 saturated carbocycles. The molecule has 98 valence electrons. The van der Waals surface area contributed by atoms with Crippen LogP contribution < -0.4 is 15.8 Å². The van der Waals surface area contributed by atoms with Gasteiger partial charge in [0.1, 0.15) is 5.75 Å². The van der Waals surface area contributed by atoms with E-state index >= 15 is 0 Å². The topological polar surface area (TPSA) is 102 Å². The molecular formula is C11H13ClN2O4. The number of amides is 3. The van der Waals surface area contributed by atoms with Gasteiger partial charge in [-0.1, -0.05) is 17.7 Å². The van der Waals surface area contributed by atoms with Crippen LogP contribution in [0.15, 0.2) is 18.2 Å². The van der Waals surface area contributed by atoms with Crippen molar-refractivity contribution in [2.24, 2.45) is 5.73 Å². The molecule has 1 rings (SSSR count). The van der Waals surface area contributed by atoms with E-state index in [0.29, 0.717) is 5.56 Å². The van der Waals surface area contributed by atoms with Crippen LogP contribution in [0, 0.1) is 0 Å². The van der Waals surface area contributed by atoms with Crippen molar-refractivity contribution in [2.75, 3.05) is 0 Å². The molecule has 0 aliphatic heterocycles. The minimum atomic E-state index is -0.947. The fourth-order valence-corrected chi connectivity index (χ4v) is 1.45. The Bertz CT molecular complexity index is 464. The predicted molar refractivity (Wildman–Crippen MR) is 65.2 cm³/mol. The highest BCUT2D eigenvalue weighted by molar-refractivity contribution is 6.32. The van der Waals surface area contributed by atoms with Crippen molar-refractivity contribution in [1.82, 2.24) is 5.32 Å². The highest BCUT2D eigenvalue weighted by atomic mass is 35.5. The average Bonchev–Trinajstić information content (AvgIpc) is 2.30. The van der Waals surface area contributed by atoms with Gasteiger partial charge in [-0.25, -0.2) is 4.79 Å². The number of halogens is 1. The van der Waals surface area contributed by atoms with Crippen molar-refractivity contribution in [3.05, 3.63) is 28.8 Å². The third-order valence-corrected chi connectivity index (χ3v) is 2.39. The Morgan fingerprint density at radius 2 is 2.22 bits per heavy atom. The first-order chi connectivity index (χ1) is 8.43. The fraction of sp³-hybridized carbons (Fsp3) is 0.273. The van der Waals surface area contributed by atoms with Gasteiger partial charge in [0, 0.05) is 0 Å². The van der Waals surface area contributed by atoms with E-state index in [9.17, 15) is 9.59 Å². The zero-order valence-corrected chi connectivity index (χ0v) is 10.4. The molecule has 0 spiro atoms. The molecule has 0 fully saturated rings. The molecular weight excluding hydrogens is 260 g/mol. The zero-order chi connectivity index (χ0) is 13.7. The molecule has 3 amide bonds. The number of nitrogens with two attached hydrogens (primary N) is 1. The number of nitrogens with one attached hydrogen (secondary N) is 1. The van der Waals surface area contributed by atoms with Gasteiger partial charge in [0.2, 0.25) is 0 Å². The van der Waals surface area contributed by atoms with Crippen LogP contribution in [0.1, 0.15) is 12.5 Å². The minimum absolute atomic E-state index is 0.141. The van der Waals surface area contributed by atoms with Gasteiger partial charge >= 0.3 is 6.03 Å². The summed E-state index contributed by atoms with van der Waals surface area (Å²) in [5, 5.41) is 11.1. The van der Waals surface area contributed by atoms with Crippen LogP contribution in [0.3, 0.4) is 0 Å². The maximum Gasteiger partial charge on any atom is 0.318 e. The van der Waals surface area contributed by atoms with E-state index in [-0.39, 0.29) is 17.4 Å². The van der Waals surface area contributed by atoms with Crippen LogP contribution in [0.4, 0.5) is 4.79 Å². The van der Waals surface area contributed by atoms with Crippen molar-refractivity contribution in [3.63, 3.8) is 0 Å². The molecule has 0 radical (unpaired) electrons. The third kappa shape index (κ3) is 3.90. The van der Waals surface area contributed by atoms with Gasteiger partial charge in [0.15, 0.2) is 6.10 Å². The van der Waals surface area contributed by atoms with Crippen LogP contribution in [0.2, 0.25) is 5.02 Å². The number of carbonyl (C=O) groups is 2. The Morgan fingerprint density at radius 3 is 2.72 bits per heavy atom. The number of aliphatic hydroxyl groups is 1. The number of primary amides is 1. The third-order valence-electron chi connectivity index (χ3n) is 2.10. The lowest BCUT2D eigenvalue weighted by Gasteiger charge is -2.14. The van der Waals surface area contributed by atoms with Crippen molar-refractivity contribution in [1.29, 1.82) is 0 Å². The number of rotatable bonds is 4. The second kappa shape index (κ2) is 6.23. The summed E-state index contributed by atoms with van der Waals surface area (Å²) in [6.07, 6.45) is -0.921. The number of hydrogen-bond donors (Lipinski definition) is 3. The van der Waals surface area contributed by atoms with Crippen LogP contribution in [-0.2, 0) is 11.4 Å². The molecule has 1 unspecified atom stereocenters. The Hall–Kier alpha value is -1.79. The summed E-state index contributed by atoms with van der Waals surface area (Å²) in [6.45, 7) is 1.31. The summed E-state index contributed by atoms with van der Waals surface area (Å²) in [4.78, 5) is 21.9. The van der Waals surface area contributed by atoms with Gasteiger partial charge < -0.3 is 15.6 Å². The molecule has 0 bridgehead atoms. The first-order valence-electron chi connectivity index (χ1n) is 5.10. The van der Waals surface area contributed by atoms with Crippen LogP contribution in [-0.4, -0.2) is 23.1 Å². The first-order valence-corrected chi connectivity index (χ1v) is 5.48. The second-order valence-electron chi connectivity index (χ2n) is 3.54. The molecule has 6 nitrogen and oxygen atoms in total. The largest absolute Gasteiger partial charge is 0.479 e. The Labute approximate surface area is 109 Å². The van der Waals surface area contributed by atoms with E-state index < -0.39 is 18.0 Å². The molecule has 0 aliphatic carbocycles. The molecule has 7 heteroatoms. The number of urea groups is 1.